The average Bonchev–Trinajstić information content (AvgIpc) is 3.19. The minimum atomic E-state index is -3.78. The predicted molar refractivity (Wildman–Crippen MR) is 126 cm³/mol. The number of hydrogen-bond acceptors (Lipinski definition) is 7. The van der Waals surface area contributed by atoms with E-state index in [4.69, 9.17) is 4.74 Å². The van der Waals surface area contributed by atoms with Gasteiger partial charge in [0, 0.05) is 37.3 Å². The van der Waals surface area contributed by atoms with E-state index in [0.29, 0.717) is 5.56 Å². The number of hydrogen-bond donors (Lipinski definition) is 1. The summed E-state index contributed by atoms with van der Waals surface area (Å²) in [7, 11) is -1.04. The fraction of sp³-hybridized carbons (Fsp3) is 0.227. The molecule has 174 valence electrons. The first-order valence-electron chi connectivity index (χ1n) is 9.92. The van der Waals surface area contributed by atoms with Gasteiger partial charge in [-0.2, -0.15) is 0 Å². The average molecular weight is 490 g/mol. The Balaban J connectivity index is 1.91. The first kappa shape index (κ1) is 24.4. The summed E-state index contributed by atoms with van der Waals surface area (Å²) in [4.78, 5) is 37.5. The van der Waals surface area contributed by atoms with Crippen molar-refractivity contribution in [2.75, 3.05) is 26.0 Å². The lowest BCUT2D eigenvalue weighted by Crippen LogP contribution is -2.29. The number of benzene rings is 1. The van der Waals surface area contributed by atoms with Crippen LogP contribution in [0.5, 0.6) is 0 Å². The van der Waals surface area contributed by atoms with Gasteiger partial charge in [0.2, 0.25) is 15.9 Å². The van der Waals surface area contributed by atoms with Gasteiger partial charge in [-0.15, -0.1) is 11.3 Å². The maximum Gasteiger partial charge on any atom is 0.341 e. The molecule has 0 radical (unpaired) electrons. The molecule has 1 aromatic carbocycles. The van der Waals surface area contributed by atoms with Crippen LogP contribution >= 0.6 is 11.3 Å². The summed E-state index contributed by atoms with van der Waals surface area (Å²) in [6.07, 6.45) is 1.12. The second-order valence-electron chi connectivity index (χ2n) is 7.11. The van der Waals surface area contributed by atoms with Gasteiger partial charge in [-0.1, -0.05) is 30.3 Å². The number of esters is 1. The first-order chi connectivity index (χ1) is 15.6. The number of carbonyl (C=O) groups is 2. The molecular weight excluding hydrogens is 466 g/mol. The lowest BCUT2D eigenvalue weighted by molar-refractivity contribution is -0.116. The van der Waals surface area contributed by atoms with E-state index in [1.807, 2.05) is 30.3 Å². The van der Waals surface area contributed by atoms with Gasteiger partial charge in [-0.05, 0) is 18.6 Å². The third kappa shape index (κ3) is 5.38. The number of ether oxygens (including phenoxy) is 1. The summed E-state index contributed by atoms with van der Waals surface area (Å²) in [6, 6.07) is 11.5. The van der Waals surface area contributed by atoms with Crippen LogP contribution < -0.4 is 10.9 Å². The van der Waals surface area contributed by atoms with Crippen LogP contribution in [0.15, 0.2) is 63.7 Å². The van der Waals surface area contributed by atoms with Gasteiger partial charge in [-0.3, -0.25) is 9.59 Å². The molecular formula is C22H23N3O6S2. The van der Waals surface area contributed by atoms with Crippen molar-refractivity contribution in [2.24, 2.45) is 0 Å². The smallest absolute Gasteiger partial charge is 0.341 e. The Labute approximate surface area is 195 Å². The molecule has 1 N–H and O–H groups in total. The number of carbonyl (C=O) groups excluding carboxylic acids is 2. The van der Waals surface area contributed by atoms with Crippen LogP contribution in [-0.4, -0.2) is 49.9 Å². The molecule has 0 spiro atoms. The number of amides is 1. The van der Waals surface area contributed by atoms with Crippen molar-refractivity contribution in [2.45, 2.75) is 18.4 Å². The molecule has 9 nitrogen and oxygen atoms in total. The van der Waals surface area contributed by atoms with E-state index in [9.17, 15) is 22.8 Å². The van der Waals surface area contributed by atoms with E-state index in [2.05, 4.69) is 5.32 Å². The lowest BCUT2D eigenvalue weighted by atomic mass is 10.0. The molecule has 0 atom stereocenters. The van der Waals surface area contributed by atoms with Crippen LogP contribution in [0.25, 0.3) is 11.1 Å². The molecule has 0 bridgehead atoms. The Bertz CT molecular complexity index is 1330. The maximum atomic E-state index is 12.7. The van der Waals surface area contributed by atoms with Gasteiger partial charge in [0.25, 0.3) is 5.56 Å². The highest BCUT2D eigenvalue weighted by atomic mass is 32.2. The molecule has 1 amide bonds. The van der Waals surface area contributed by atoms with Crippen molar-refractivity contribution in [3.8, 4) is 11.1 Å². The molecule has 33 heavy (non-hydrogen) atoms. The molecule has 0 saturated carbocycles. The Morgan fingerprint density at radius 2 is 1.82 bits per heavy atom. The second kappa shape index (κ2) is 10.1. The summed E-state index contributed by atoms with van der Waals surface area (Å²) in [6.45, 7) is 1.42. The first-order valence-corrected chi connectivity index (χ1v) is 12.2. The van der Waals surface area contributed by atoms with Crippen molar-refractivity contribution in [3.05, 3.63) is 70.0 Å². The number of aromatic nitrogens is 1. The monoisotopic (exact) mass is 489 g/mol. The number of sulfonamides is 1. The minimum absolute atomic E-state index is 0.116. The predicted octanol–water partition coefficient (Wildman–Crippen LogP) is 2.64. The molecule has 0 aliphatic heterocycles. The van der Waals surface area contributed by atoms with E-state index in [0.717, 1.165) is 38.0 Å². The highest BCUT2D eigenvalue weighted by molar-refractivity contribution is 7.89. The Morgan fingerprint density at radius 1 is 1.12 bits per heavy atom. The Kier molecular flexibility index (Phi) is 7.46. The van der Waals surface area contributed by atoms with Gasteiger partial charge in [0.15, 0.2) is 0 Å². The zero-order chi connectivity index (χ0) is 24.2. The second-order valence-corrected chi connectivity index (χ2v) is 10.1. The van der Waals surface area contributed by atoms with Crippen molar-refractivity contribution < 1.29 is 22.7 Å². The molecule has 0 unspecified atom stereocenters. The zero-order valence-electron chi connectivity index (χ0n) is 18.3. The molecule has 2 heterocycles. The number of thiophene rings is 1. The van der Waals surface area contributed by atoms with Gasteiger partial charge in [0.05, 0.1) is 11.5 Å². The van der Waals surface area contributed by atoms with Crippen LogP contribution in [0.1, 0.15) is 17.3 Å². The van der Waals surface area contributed by atoms with Crippen molar-refractivity contribution >= 4 is 38.2 Å². The van der Waals surface area contributed by atoms with Gasteiger partial charge < -0.3 is 14.6 Å². The molecule has 0 fully saturated rings. The third-order valence-corrected chi connectivity index (χ3v) is 7.35. The van der Waals surface area contributed by atoms with Gasteiger partial charge in [0.1, 0.15) is 17.1 Å². The summed E-state index contributed by atoms with van der Waals surface area (Å²) in [5.74, 6) is -1.17. The van der Waals surface area contributed by atoms with Crippen LogP contribution in [0.2, 0.25) is 0 Å². The molecule has 0 aliphatic carbocycles. The van der Waals surface area contributed by atoms with Crippen LogP contribution in [0.3, 0.4) is 0 Å². The zero-order valence-corrected chi connectivity index (χ0v) is 19.9. The van der Waals surface area contributed by atoms with Crippen molar-refractivity contribution in [1.29, 1.82) is 0 Å². The Hall–Kier alpha value is -3.28. The minimum Gasteiger partial charge on any atom is -0.462 e. The van der Waals surface area contributed by atoms with Gasteiger partial charge in [-0.25, -0.2) is 17.5 Å². The van der Waals surface area contributed by atoms with Crippen molar-refractivity contribution in [3.63, 3.8) is 0 Å². The number of nitrogens with one attached hydrogen (secondary N) is 1. The van der Waals surface area contributed by atoms with Crippen LogP contribution in [0, 0.1) is 0 Å². The normalized spacial score (nSPS) is 11.4. The number of rotatable bonds is 8. The quantitative estimate of drug-likeness (QED) is 0.487. The van der Waals surface area contributed by atoms with Crippen LogP contribution in [0.4, 0.5) is 5.00 Å². The summed E-state index contributed by atoms with van der Waals surface area (Å²) in [5.41, 5.74) is 1.09. The van der Waals surface area contributed by atoms with Crippen LogP contribution in [-0.2, 0) is 26.1 Å². The highest BCUT2D eigenvalue weighted by Gasteiger charge is 2.23. The molecule has 2 aromatic heterocycles. The Morgan fingerprint density at radius 3 is 2.45 bits per heavy atom. The van der Waals surface area contributed by atoms with E-state index in [1.165, 1.54) is 20.2 Å². The summed E-state index contributed by atoms with van der Waals surface area (Å²) < 4.78 is 31.9. The molecule has 3 aromatic rings. The largest absolute Gasteiger partial charge is 0.462 e. The third-order valence-electron chi connectivity index (χ3n) is 4.66. The summed E-state index contributed by atoms with van der Waals surface area (Å²) in [5, 5.41) is 4.68. The van der Waals surface area contributed by atoms with Crippen molar-refractivity contribution in [1.82, 2.24) is 8.87 Å². The highest BCUT2D eigenvalue weighted by Crippen LogP contribution is 2.36. The SMILES string of the molecule is CCOC(=O)c1c(-c2ccccc2)csc1NC(=O)Cn1cc(S(=O)(=O)N(C)C)ccc1=O. The fourth-order valence-corrected chi connectivity index (χ4v) is 4.90. The standard InChI is InChI=1S/C22H23N3O6S2/c1-4-31-22(28)20-17(15-8-6-5-7-9-15)14-32-21(20)23-18(26)13-25-12-16(10-11-19(25)27)33(29,30)24(2)3/h5-12,14H,4,13H2,1-3H3,(H,23,26). The summed E-state index contributed by atoms with van der Waals surface area (Å²) >= 11 is 1.16. The van der Waals surface area contributed by atoms with E-state index in [1.54, 1.807) is 12.3 Å². The number of nitrogens with zero attached hydrogens (tertiary/aromatic N) is 2. The topological polar surface area (TPSA) is 115 Å². The maximum absolute atomic E-state index is 12.7. The lowest BCUT2D eigenvalue weighted by Gasteiger charge is -2.13. The molecule has 0 aliphatic rings. The fourth-order valence-electron chi connectivity index (χ4n) is 3.00. The van der Waals surface area contributed by atoms with Gasteiger partial charge >= 0.3 is 5.97 Å². The van der Waals surface area contributed by atoms with E-state index >= 15 is 0 Å². The molecule has 3 rings (SSSR count). The van der Waals surface area contributed by atoms with E-state index < -0.39 is 34.0 Å². The molecule has 11 heteroatoms. The van der Waals surface area contributed by atoms with E-state index in [-0.39, 0.29) is 22.1 Å². The number of pyridine rings is 1. The molecule has 0 saturated heterocycles. The number of anilines is 1.